The molecule has 0 heterocycles. The molecule has 12 N–H and O–H groups in total. The first-order valence-electron chi connectivity index (χ1n) is 8.78. The lowest BCUT2D eigenvalue weighted by atomic mass is 10.1. The second kappa shape index (κ2) is 14.0. The number of aliphatic imine (C=N–C) groups is 1. The van der Waals surface area contributed by atoms with Gasteiger partial charge in [-0.1, -0.05) is 0 Å². The summed E-state index contributed by atoms with van der Waals surface area (Å²) >= 11 is 3.94. The van der Waals surface area contributed by atoms with Crippen molar-refractivity contribution in [2.45, 2.75) is 37.4 Å². The van der Waals surface area contributed by atoms with E-state index in [2.05, 4.69) is 33.6 Å². The Morgan fingerprint density at radius 1 is 1.00 bits per heavy atom. The number of guanidine groups is 1. The third kappa shape index (κ3) is 11.7. The van der Waals surface area contributed by atoms with Gasteiger partial charge in [0.25, 0.3) is 0 Å². The van der Waals surface area contributed by atoms with E-state index in [0.29, 0.717) is 6.42 Å². The maximum Gasteiger partial charge on any atom is 0.326 e. The van der Waals surface area contributed by atoms with Crippen molar-refractivity contribution in [2.75, 3.05) is 18.8 Å². The van der Waals surface area contributed by atoms with Gasteiger partial charge in [-0.15, -0.1) is 0 Å². The Balaban J connectivity index is 4.57. The predicted octanol–water partition coefficient (Wildman–Crippen LogP) is -4.66. The molecule has 0 aromatic rings. The van der Waals surface area contributed by atoms with Crippen LogP contribution in [-0.2, 0) is 24.0 Å². The third-order valence-electron chi connectivity index (χ3n) is 3.58. The van der Waals surface area contributed by atoms with Crippen molar-refractivity contribution in [2.24, 2.45) is 27.9 Å². The van der Waals surface area contributed by atoms with Crippen LogP contribution in [0.1, 0.15) is 19.3 Å². The van der Waals surface area contributed by atoms with Crippen LogP contribution in [-0.4, -0.2) is 77.6 Å². The largest absolute Gasteiger partial charge is 0.480 e. The highest BCUT2D eigenvalue weighted by molar-refractivity contribution is 7.80. The second-order valence-electron chi connectivity index (χ2n) is 6.15. The minimum Gasteiger partial charge on any atom is -0.480 e. The van der Waals surface area contributed by atoms with Gasteiger partial charge < -0.3 is 44.0 Å². The number of carboxylic acids is 1. The van der Waals surface area contributed by atoms with E-state index in [0.717, 1.165) is 0 Å². The second-order valence-corrected chi connectivity index (χ2v) is 6.51. The van der Waals surface area contributed by atoms with Crippen LogP contribution in [0.25, 0.3) is 0 Å². The Bertz CT molecular complexity index is 670. The number of primary amides is 1. The van der Waals surface area contributed by atoms with E-state index in [9.17, 15) is 24.0 Å². The SMILES string of the molecule is NC(=O)CC(N)C(=O)NC(CS)C(=O)NCC(=O)NC(CCCN=C(N)N)C(=O)O. The molecule has 4 amide bonds. The Kier molecular flexibility index (Phi) is 12.6. The third-order valence-corrected chi connectivity index (χ3v) is 3.94. The minimum atomic E-state index is -1.26. The Hall–Kier alpha value is -3.07. The normalized spacial score (nSPS) is 13.3. The van der Waals surface area contributed by atoms with E-state index < -0.39 is 60.7 Å². The maximum absolute atomic E-state index is 12.1. The first-order chi connectivity index (χ1) is 14.0. The summed E-state index contributed by atoms with van der Waals surface area (Å²) in [5.74, 6) is -4.60. The number of nitrogens with zero attached hydrogens (tertiary/aromatic N) is 1. The van der Waals surface area contributed by atoms with Crippen LogP contribution >= 0.6 is 12.6 Å². The number of carboxylic acid groups (broad SMARTS) is 1. The number of carbonyl (C=O) groups excluding carboxylic acids is 4. The van der Waals surface area contributed by atoms with Crippen molar-refractivity contribution < 1.29 is 29.1 Å². The summed E-state index contributed by atoms with van der Waals surface area (Å²) in [4.78, 5) is 61.6. The fraction of sp³-hybridized carbons (Fsp3) is 0.600. The van der Waals surface area contributed by atoms with Gasteiger partial charge >= 0.3 is 5.97 Å². The average Bonchev–Trinajstić information content (AvgIpc) is 2.65. The zero-order chi connectivity index (χ0) is 23.3. The van der Waals surface area contributed by atoms with Crippen molar-refractivity contribution in [3.8, 4) is 0 Å². The van der Waals surface area contributed by atoms with Crippen LogP contribution in [0.5, 0.6) is 0 Å². The first-order valence-corrected chi connectivity index (χ1v) is 9.41. The molecule has 3 atom stereocenters. The highest BCUT2D eigenvalue weighted by Crippen LogP contribution is 1.99. The molecule has 0 aromatic carbocycles. The fourth-order valence-electron chi connectivity index (χ4n) is 2.08. The molecular formula is C15H28N8O6S. The predicted molar refractivity (Wildman–Crippen MR) is 110 cm³/mol. The lowest BCUT2D eigenvalue weighted by Gasteiger charge is -2.19. The zero-order valence-corrected chi connectivity index (χ0v) is 17.1. The van der Waals surface area contributed by atoms with Gasteiger partial charge in [-0.2, -0.15) is 12.6 Å². The molecule has 0 aromatic heterocycles. The molecule has 0 aliphatic heterocycles. The van der Waals surface area contributed by atoms with Gasteiger partial charge in [-0.25, -0.2) is 4.79 Å². The molecule has 0 spiro atoms. The van der Waals surface area contributed by atoms with Gasteiger partial charge in [0.1, 0.15) is 12.1 Å². The number of carbonyl (C=O) groups is 5. The molecule has 0 fully saturated rings. The number of nitrogens with two attached hydrogens (primary N) is 4. The van der Waals surface area contributed by atoms with Crippen molar-refractivity contribution >= 4 is 48.2 Å². The summed E-state index contributed by atoms with van der Waals surface area (Å²) in [6.45, 7) is -0.343. The molecule has 30 heavy (non-hydrogen) atoms. The van der Waals surface area contributed by atoms with E-state index in [-0.39, 0.29) is 24.7 Å². The van der Waals surface area contributed by atoms with Crippen LogP contribution in [0.4, 0.5) is 0 Å². The molecule has 0 saturated carbocycles. The molecule has 0 bridgehead atoms. The zero-order valence-electron chi connectivity index (χ0n) is 16.2. The number of nitrogens with one attached hydrogen (secondary N) is 3. The van der Waals surface area contributed by atoms with Crippen LogP contribution in [0.2, 0.25) is 0 Å². The number of hydrogen-bond donors (Lipinski definition) is 9. The van der Waals surface area contributed by atoms with Gasteiger partial charge in [0, 0.05) is 12.3 Å². The number of rotatable bonds is 14. The van der Waals surface area contributed by atoms with Crippen LogP contribution < -0.4 is 38.9 Å². The Morgan fingerprint density at radius 2 is 1.63 bits per heavy atom. The summed E-state index contributed by atoms with van der Waals surface area (Å²) in [6.07, 6.45) is -0.0331. The highest BCUT2D eigenvalue weighted by atomic mass is 32.1. The van der Waals surface area contributed by atoms with Crippen molar-refractivity contribution in [3.63, 3.8) is 0 Å². The molecule has 0 rings (SSSR count). The topological polar surface area (TPSA) is 258 Å². The molecule has 14 nitrogen and oxygen atoms in total. The maximum atomic E-state index is 12.1. The smallest absolute Gasteiger partial charge is 0.326 e. The number of thiol groups is 1. The van der Waals surface area contributed by atoms with Gasteiger partial charge in [0.2, 0.25) is 23.6 Å². The molecule has 0 saturated heterocycles. The van der Waals surface area contributed by atoms with Crippen LogP contribution in [0.3, 0.4) is 0 Å². The molecule has 0 aliphatic carbocycles. The summed E-state index contributed by atoms with van der Waals surface area (Å²) < 4.78 is 0. The average molecular weight is 449 g/mol. The fourth-order valence-corrected chi connectivity index (χ4v) is 2.34. The standard InChI is InChI=1S/C15H28N8O6S/c16-7(4-10(17)24)12(26)23-9(6-30)13(27)21-5-11(25)22-8(14(28)29)2-1-3-20-15(18)19/h7-9,30H,1-6,16H2,(H2,17,24)(H,21,27)(H,22,25)(H,23,26)(H,28,29)(H4,18,19,20). The summed E-state index contributed by atoms with van der Waals surface area (Å²) in [6, 6.07) is -3.57. The van der Waals surface area contributed by atoms with Crippen molar-refractivity contribution in [1.29, 1.82) is 0 Å². The van der Waals surface area contributed by atoms with E-state index in [1.165, 1.54) is 0 Å². The highest BCUT2D eigenvalue weighted by Gasteiger charge is 2.25. The first kappa shape index (κ1) is 26.9. The lowest BCUT2D eigenvalue weighted by molar-refractivity contribution is -0.142. The number of aliphatic carboxylic acids is 1. The monoisotopic (exact) mass is 448 g/mol. The van der Waals surface area contributed by atoms with Gasteiger partial charge in [0.15, 0.2) is 5.96 Å². The number of amides is 4. The molecular weight excluding hydrogens is 420 g/mol. The van der Waals surface area contributed by atoms with Crippen LogP contribution in [0, 0.1) is 0 Å². The summed E-state index contributed by atoms with van der Waals surface area (Å²) in [5.41, 5.74) is 20.8. The molecule has 3 unspecified atom stereocenters. The lowest BCUT2D eigenvalue weighted by Crippen LogP contribution is -2.54. The van der Waals surface area contributed by atoms with Crippen molar-refractivity contribution in [1.82, 2.24) is 16.0 Å². The minimum absolute atomic E-state index is 0.0683. The van der Waals surface area contributed by atoms with Gasteiger partial charge in [0.05, 0.1) is 19.0 Å². The van der Waals surface area contributed by atoms with E-state index in [4.69, 9.17) is 28.0 Å². The quantitative estimate of drug-likeness (QED) is 0.0534. The van der Waals surface area contributed by atoms with E-state index in [1.807, 2.05) is 0 Å². The Morgan fingerprint density at radius 3 is 2.13 bits per heavy atom. The number of hydrogen-bond acceptors (Lipinski definition) is 8. The molecule has 170 valence electrons. The molecule has 0 radical (unpaired) electrons. The molecule has 15 heteroatoms. The van der Waals surface area contributed by atoms with Crippen LogP contribution in [0.15, 0.2) is 4.99 Å². The van der Waals surface area contributed by atoms with Crippen molar-refractivity contribution in [3.05, 3.63) is 0 Å². The summed E-state index contributed by atoms with van der Waals surface area (Å²) in [7, 11) is 0. The molecule has 0 aliphatic rings. The Labute approximate surface area is 178 Å². The van der Waals surface area contributed by atoms with E-state index >= 15 is 0 Å². The van der Waals surface area contributed by atoms with Gasteiger partial charge in [-0.3, -0.25) is 24.2 Å². The summed E-state index contributed by atoms with van der Waals surface area (Å²) in [5, 5.41) is 15.9. The van der Waals surface area contributed by atoms with Gasteiger partial charge in [-0.05, 0) is 12.8 Å². The van der Waals surface area contributed by atoms with E-state index in [1.54, 1.807) is 0 Å².